The highest BCUT2D eigenvalue weighted by molar-refractivity contribution is 9.10. The van der Waals surface area contributed by atoms with Crippen LogP contribution in [0.3, 0.4) is 0 Å². The molecule has 1 aliphatic carbocycles. The van der Waals surface area contributed by atoms with Crippen LogP contribution in [0.5, 0.6) is 11.6 Å². The van der Waals surface area contributed by atoms with Crippen molar-refractivity contribution in [3.63, 3.8) is 0 Å². The van der Waals surface area contributed by atoms with E-state index in [-0.39, 0.29) is 11.6 Å². The predicted molar refractivity (Wildman–Crippen MR) is 83.3 cm³/mol. The van der Waals surface area contributed by atoms with E-state index in [1.807, 2.05) is 0 Å². The summed E-state index contributed by atoms with van der Waals surface area (Å²) in [6, 6.07) is 6.96. The molecule has 3 nitrogen and oxygen atoms in total. The second-order valence-corrected chi connectivity index (χ2v) is 6.29. The zero-order valence-corrected chi connectivity index (χ0v) is 13.4. The number of hydrogen-bond acceptors (Lipinski definition) is 3. The second-order valence-electron chi connectivity index (χ2n) is 4.96. The van der Waals surface area contributed by atoms with Gasteiger partial charge in [0.1, 0.15) is 5.02 Å². The van der Waals surface area contributed by atoms with Gasteiger partial charge in [-0.1, -0.05) is 27.5 Å². The number of benzene rings is 1. The Bertz CT molecular complexity index is 664. The van der Waals surface area contributed by atoms with Crippen molar-refractivity contribution in [1.82, 2.24) is 10.3 Å². The molecule has 0 atom stereocenters. The van der Waals surface area contributed by atoms with Gasteiger partial charge < -0.3 is 10.1 Å². The molecule has 1 aromatic carbocycles. The number of halogens is 3. The summed E-state index contributed by atoms with van der Waals surface area (Å²) in [5.41, 5.74) is 0.982. The summed E-state index contributed by atoms with van der Waals surface area (Å²) in [7, 11) is 0. The van der Waals surface area contributed by atoms with Crippen molar-refractivity contribution in [2.75, 3.05) is 0 Å². The summed E-state index contributed by atoms with van der Waals surface area (Å²) in [5, 5.41) is 3.75. The minimum Gasteiger partial charge on any atom is -0.434 e. The molecule has 21 heavy (non-hydrogen) atoms. The van der Waals surface area contributed by atoms with Gasteiger partial charge in [-0.25, -0.2) is 9.37 Å². The highest BCUT2D eigenvalue weighted by Crippen LogP contribution is 2.30. The van der Waals surface area contributed by atoms with Gasteiger partial charge in [-0.2, -0.15) is 0 Å². The summed E-state index contributed by atoms with van der Waals surface area (Å²) in [4.78, 5) is 4.16. The van der Waals surface area contributed by atoms with Crippen LogP contribution in [0.15, 0.2) is 34.9 Å². The van der Waals surface area contributed by atoms with E-state index in [2.05, 4.69) is 26.2 Å². The standard InChI is InChI=1S/C15H13BrClFN2O/c16-10-1-4-14(13(18)6-10)21-15-12(17)5-9(8-20-15)7-19-11-2-3-11/h1,4-6,8,11,19H,2-3,7H2. The molecule has 1 aromatic heterocycles. The van der Waals surface area contributed by atoms with Crippen molar-refractivity contribution in [3.8, 4) is 11.6 Å². The number of hydrogen-bond donors (Lipinski definition) is 1. The van der Waals surface area contributed by atoms with Crippen molar-refractivity contribution in [3.05, 3.63) is 51.3 Å². The Morgan fingerprint density at radius 2 is 2.19 bits per heavy atom. The SMILES string of the molecule is Fc1cc(Br)ccc1Oc1ncc(CNC2CC2)cc1Cl. The number of nitrogens with zero attached hydrogens (tertiary/aromatic N) is 1. The van der Waals surface area contributed by atoms with Gasteiger partial charge in [-0.05, 0) is 42.7 Å². The van der Waals surface area contributed by atoms with Crippen LogP contribution in [0, 0.1) is 5.82 Å². The van der Waals surface area contributed by atoms with Crippen LogP contribution in [-0.2, 0) is 6.54 Å². The van der Waals surface area contributed by atoms with Gasteiger partial charge in [0.15, 0.2) is 11.6 Å². The first kappa shape index (κ1) is 14.8. The average Bonchev–Trinajstić information content (AvgIpc) is 3.26. The molecule has 1 heterocycles. The first-order valence-electron chi connectivity index (χ1n) is 6.62. The van der Waals surface area contributed by atoms with E-state index in [0.29, 0.717) is 15.5 Å². The van der Waals surface area contributed by atoms with Gasteiger partial charge in [-0.3, -0.25) is 0 Å². The van der Waals surface area contributed by atoms with Crippen LogP contribution in [0.25, 0.3) is 0 Å². The quantitative estimate of drug-likeness (QED) is 0.828. The number of rotatable bonds is 5. The third-order valence-electron chi connectivity index (χ3n) is 3.14. The normalized spacial score (nSPS) is 14.2. The largest absolute Gasteiger partial charge is 0.434 e. The molecule has 0 saturated heterocycles. The van der Waals surface area contributed by atoms with Crippen LogP contribution < -0.4 is 10.1 Å². The summed E-state index contributed by atoms with van der Waals surface area (Å²) in [6.45, 7) is 0.726. The molecule has 3 rings (SSSR count). The molecular formula is C15H13BrClFN2O. The van der Waals surface area contributed by atoms with Gasteiger partial charge >= 0.3 is 0 Å². The van der Waals surface area contributed by atoms with Gasteiger partial charge in [0.05, 0.1) is 0 Å². The number of aromatic nitrogens is 1. The lowest BCUT2D eigenvalue weighted by atomic mass is 10.3. The van der Waals surface area contributed by atoms with Crippen LogP contribution >= 0.6 is 27.5 Å². The van der Waals surface area contributed by atoms with Crippen LogP contribution in [-0.4, -0.2) is 11.0 Å². The van der Waals surface area contributed by atoms with E-state index in [1.54, 1.807) is 18.3 Å². The van der Waals surface area contributed by atoms with Crippen molar-refractivity contribution in [2.45, 2.75) is 25.4 Å². The molecule has 1 saturated carbocycles. The lowest BCUT2D eigenvalue weighted by Crippen LogP contribution is -2.15. The van der Waals surface area contributed by atoms with Gasteiger partial charge in [0.25, 0.3) is 0 Å². The Balaban J connectivity index is 1.72. The van der Waals surface area contributed by atoms with Crippen LogP contribution in [0.1, 0.15) is 18.4 Å². The van der Waals surface area contributed by atoms with E-state index >= 15 is 0 Å². The van der Waals surface area contributed by atoms with Crippen LogP contribution in [0.4, 0.5) is 4.39 Å². The highest BCUT2D eigenvalue weighted by atomic mass is 79.9. The fourth-order valence-electron chi connectivity index (χ4n) is 1.85. The molecule has 110 valence electrons. The number of ether oxygens (including phenoxy) is 1. The third-order valence-corrected chi connectivity index (χ3v) is 3.90. The second kappa shape index (κ2) is 6.30. The summed E-state index contributed by atoms with van der Waals surface area (Å²) < 4.78 is 19.8. The lowest BCUT2D eigenvalue weighted by Gasteiger charge is -2.09. The Morgan fingerprint density at radius 3 is 2.86 bits per heavy atom. The highest BCUT2D eigenvalue weighted by Gasteiger charge is 2.20. The van der Waals surface area contributed by atoms with E-state index in [1.165, 1.54) is 25.0 Å². The first-order chi connectivity index (χ1) is 10.1. The topological polar surface area (TPSA) is 34.1 Å². The Kier molecular flexibility index (Phi) is 4.42. The fourth-order valence-corrected chi connectivity index (χ4v) is 2.41. The monoisotopic (exact) mass is 370 g/mol. The molecule has 0 aliphatic heterocycles. The summed E-state index contributed by atoms with van der Waals surface area (Å²) in [5.74, 6) is -0.175. The van der Waals surface area contributed by atoms with E-state index in [0.717, 1.165) is 12.1 Å². The molecule has 6 heteroatoms. The fraction of sp³-hybridized carbons (Fsp3) is 0.267. The molecule has 0 bridgehead atoms. The molecule has 1 N–H and O–H groups in total. The van der Waals surface area contributed by atoms with Crippen molar-refractivity contribution in [1.29, 1.82) is 0 Å². The summed E-state index contributed by atoms with van der Waals surface area (Å²) >= 11 is 9.34. The smallest absolute Gasteiger partial charge is 0.238 e. The maximum absolute atomic E-state index is 13.7. The van der Waals surface area contributed by atoms with Gasteiger partial charge in [-0.15, -0.1) is 0 Å². The minimum atomic E-state index is -0.471. The predicted octanol–water partition coefficient (Wildman–Crippen LogP) is 4.68. The molecule has 0 amide bonds. The summed E-state index contributed by atoms with van der Waals surface area (Å²) in [6.07, 6.45) is 4.14. The zero-order valence-electron chi connectivity index (χ0n) is 11.1. The molecule has 2 aromatic rings. The first-order valence-corrected chi connectivity index (χ1v) is 7.79. The van der Waals surface area contributed by atoms with E-state index < -0.39 is 5.82 Å². The Labute approximate surface area is 135 Å². The van der Waals surface area contributed by atoms with E-state index in [9.17, 15) is 4.39 Å². The maximum atomic E-state index is 13.7. The van der Waals surface area contributed by atoms with Crippen molar-refractivity contribution < 1.29 is 9.13 Å². The molecule has 1 aliphatic rings. The van der Waals surface area contributed by atoms with E-state index in [4.69, 9.17) is 16.3 Å². The third kappa shape index (κ3) is 3.93. The van der Waals surface area contributed by atoms with Crippen LogP contribution in [0.2, 0.25) is 5.02 Å². The molecule has 0 spiro atoms. The molecular weight excluding hydrogens is 359 g/mol. The lowest BCUT2D eigenvalue weighted by molar-refractivity contribution is 0.427. The Hall–Kier alpha value is -1.17. The van der Waals surface area contributed by atoms with Gasteiger partial charge in [0, 0.05) is 23.3 Å². The minimum absolute atomic E-state index is 0.0939. The average molecular weight is 372 g/mol. The Morgan fingerprint density at radius 1 is 1.38 bits per heavy atom. The number of pyridine rings is 1. The zero-order chi connectivity index (χ0) is 14.8. The van der Waals surface area contributed by atoms with Crippen molar-refractivity contribution >= 4 is 27.5 Å². The molecule has 1 fully saturated rings. The van der Waals surface area contributed by atoms with Gasteiger partial charge in [0.2, 0.25) is 5.88 Å². The molecule has 0 unspecified atom stereocenters. The maximum Gasteiger partial charge on any atom is 0.238 e. The number of nitrogens with one attached hydrogen (secondary N) is 1. The van der Waals surface area contributed by atoms with Crippen molar-refractivity contribution in [2.24, 2.45) is 0 Å². The molecule has 0 radical (unpaired) electrons.